The third-order valence-electron chi connectivity index (χ3n) is 5.35. The molecule has 3 aromatic rings. The molecule has 0 saturated carbocycles. The summed E-state index contributed by atoms with van der Waals surface area (Å²) < 4.78 is 4.28. The van der Waals surface area contributed by atoms with E-state index in [4.69, 9.17) is 4.98 Å². The summed E-state index contributed by atoms with van der Waals surface area (Å²) in [6, 6.07) is 10.4. The van der Waals surface area contributed by atoms with Gasteiger partial charge < -0.3 is 9.47 Å². The summed E-state index contributed by atoms with van der Waals surface area (Å²) in [5.74, 6) is 0.662. The maximum Gasteiger partial charge on any atom is 0.0964 e. The van der Waals surface area contributed by atoms with Crippen LogP contribution in [0.5, 0.6) is 0 Å². The van der Waals surface area contributed by atoms with Gasteiger partial charge in [-0.3, -0.25) is 4.68 Å². The van der Waals surface area contributed by atoms with Gasteiger partial charge in [-0.1, -0.05) is 36.4 Å². The number of hydrogen-bond acceptors (Lipinski definition) is 3. The monoisotopic (exact) mass is 361 g/mol. The Bertz CT molecular complexity index is 922. The molecule has 0 amide bonds. The molecule has 1 unspecified atom stereocenters. The number of likely N-dealkylation sites (tertiary alicyclic amines) is 1. The van der Waals surface area contributed by atoms with Crippen LogP contribution in [0.15, 0.2) is 55.5 Å². The van der Waals surface area contributed by atoms with Crippen LogP contribution in [0.25, 0.3) is 22.5 Å². The zero-order valence-corrected chi connectivity index (χ0v) is 16.2. The molecule has 1 saturated heterocycles. The molecule has 3 heterocycles. The standard InChI is InChI=1S/C22H27N5/c1-4-11-27-15-20(17(2)24-27)22-21(19-8-6-5-7-9-19)23-16-26(22)14-18-10-12-25(3)13-18/h4-9,15-16,18H,1,10-14H2,2-3H3. The van der Waals surface area contributed by atoms with Crippen LogP contribution >= 0.6 is 0 Å². The van der Waals surface area contributed by atoms with Crippen molar-refractivity contribution >= 4 is 0 Å². The molecule has 0 bridgehead atoms. The Morgan fingerprint density at radius 1 is 1.26 bits per heavy atom. The van der Waals surface area contributed by atoms with E-state index in [2.05, 4.69) is 65.6 Å². The van der Waals surface area contributed by atoms with Crippen molar-refractivity contribution in [3.8, 4) is 22.5 Å². The Morgan fingerprint density at radius 3 is 2.78 bits per heavy atom. The molecule has 0 radical (unpaired) electrons. The van der Waals surface area contributed by atoms with Crippen molar-refractivity contribution in [2.24, 2.45) is 5.92 Å². The van der Waals surface area contributed by atoms with Crippen molar-refractivity contribution in [2.45, 2.75) is 26.4 Å². The molecular formula is C22H27N5. The van der Waals surface area contributed by atoms with E-state index in [0.717, 1.165) is 35.6 Å². The average molecular weight is 361 g/mol. The highest BCUT2D eigenvalue weighted by atomic mass is 15.3. The fraction of sp³-hybridized carbons (Fsp3) is 0.364. The highest BCUT2D eigenvalue weighted by Gasteiger charge is 2.24. The number of aromatic nitrogens is 4. The largest absolute Gasteiger partial charge is 0.330 e. The van der Waals surface area contributed by atoms with Gasteiger partial charge in [-0.15, -0.1) is 6.58 Å². The Morgan fingerprint density at radius 2 is 2.07 bits per heavy atom. The van der Waals surface area contributed by atoms with Crippen LogP contribution in [0.1, 0.15) is 12.1 Å². The van der Waals surface area contributed by atoms with E-state index in [1.165, 1.54) is 18.7 Å². The van der Waals surface area contributed by atoms with Crippen LogP contribution in [0.3, 0.4) is 0 Å². The zero-order chi connectivity index (χ0) is 18.8. The van der Waals surface area contributed by atoms with E-state index in [1.54, 1.807) is 0 Å². The summed E-state index contributed by atoms with van der Waals surface area (Å²) in [4.78, 5) is 7.22. The summed E-state index contributed by atoms with van der Waals surface area (Å²) in [5, 5.41) is 4.67. The van der Waals surface area contributed by atoms with Crippen molar-refractivity contribution < 1.29 is 0 Å². The molecule has 0 spiro atoms. The first-order valence-electron chi connectivity index (χ1n) is 9.60. The van der Waals surface area contributed by atoms with Crippen molar-refractivity contribution in [1.82, 2.24) is 24.2 Å². The molecular weight excluding hydrogens is 334 g/mol. The van der Waals surface area contributed by atoms with Gasteiger partial charge in [0.2, 0.25) is 0 Å². The lowest BCUT2D eigenvalue weighted by Crippen LogP contribution is -2.17. The third-order valence-corrected chi connectivity index (χ3v) is 5.35. The zero-order valence-electron chi connectivity index (χ0n) is 16.2. The molecule has 1 aromatic carbocycles. The van der Waals surface area contributed by atoms with Crippen LogP contribution in [0.2, 0.25) is 0 Å². The lowest BCUT2D eigenvalue weighted by molar-refractivity contribution is 0.378. The molecule has 0 aliphatic carbocycles. The Kier molecular flexibility index (Phi) is 4.94. The van der Waals surface area contributed by atoms with Crippen molar-refractivity contribution in [1.29, 1.82) is 0 Å². The van der Waals surface area contributed by atoms with Gasteiger partial charge in [0.1, 0.15) is 0 Å². The lowest BCUT2D eigenvalue weighted by atomic mass is 10.0. The number of aryl methyl sites for hydroxylation is 1. The number of nitrogens with zero attached hydrogens (tertiary/aromatic N) is 5. The van der Waals surface area contributed by atoms with Gasteiger partial charge in [0.15, 0.2) is 0 Å². The molecule has 5 heteroatoms. The van der Waals surface area contributed by atoms with E-state index in [1.807, 2.05) is 23.2 Å². The molecule has 140 valence electrons. The SMILES string of the molecule is C=CCn1cc(-c2c(-c3ccccc3)ncn2CC2CCN(C)C2)c(C)n1. The average Bonchev–Trinajstić information content (AvgIpc) is 3.35. The predicted octanol–water partition coefficient (Wildman–Crippen LogP) is 3.86. The molecule has 1 aliphatic heterocycles. The quantitative estimate of drug-likeness (QED) is 0.626. The second-order valence-electron chi connectivity index (χ2n) is 7.52. The number of benzene rings is 1. The van der Waals surface area contributed by atoms with Gasteiger partial charge in [-0.05, 0) is 32.9 Å². The first-order valence-corrected chi connectivity index (χ1v) is 9.60. The van der Waals surface area contributed by atoms with E-state index in [0.29, 0.717) is 12.5 Å². The highest BCUT2D eigenvalue weighted by Crippen LogP contribution is 2.34. The minimum Gasteiger partial charge on any atom is -0.330 e. The Labute approximate surface area is 161 Å². The molecule has 4 rings (SSSR count). The molecule has 27 heavy (non-hydrogen) atoms. The number of hydrogen-bond donors (Lipinski definition) is 0. The van der Waals surface area contributed by atoms with E-state index >= 15 is 0 Å². The number of rotatable bonds is 6. The van der Waals surface area contributed by atoms with E-state index in [9.17, 15) is 0 Å². The summed E-state index contributed by atoms with van der Waals surface area (Å²) in [6.45, 7) is 9.93. The summed E-state index contributed by atoms with van der Waals surface area (Å²) in [7, 11) is 2.20. The van der Waals surface area contributed by atoms with Gasteiger partial charge in [0.05, 0.1) is 30.0 Å². The first kappa shape index (κ1) is 17.7. The second-order valence-corrected chi connectivity index (χ2v) is 7.52. The summed E-state index contributed by atoms with van der Waals surface area (Å²) in [5.41, 5.74) is 5.52. The molecule has 1 aliphatic rings. The van der Waals surface area contributed by atoms with Crippen LogP contribution in [0, 0.1) is 12.8 Å². The van der Waals surface area contributed by atoms with Gasteiger partial charge >= 0.3 is 0 Å². The summed E-state index contributed by atoms with van der Waals surface area (Å²) in [6.07, 6.45) is 7.24. The predicted molar refractivity (Wildman–Crippen MR) is 109 cm³/mol. The highest BCUT2D eigenvalue weighted by molar-refractivity contribution is 5.79. The topological polar surface area (TPSA) is 38.9 Å². The maximum absolute atomic E-state index is 4.81. The smallest absolute Gasteiger partial charge is 0.0964 e. The van der Waals surface area contributed by atoms with Crippen LogP contribution in [-0.2, 0) is 13.1 Å². The molecule has 1 atom stereocenters. The summed E-state index contributed by atoms with van der Waals surface area (Å²) >= 11 is 0. The molecule has 1 fully saturated rings. The number of imidazole rings is 1. The Hall–Kier alpha value is -2.66. The van der Waals surface area contributed by atoms with Crippen molar-refractivity contribution in [2.75, 3.05) is 20.1 Å². The van der Waals surface area contributed by atoms with Gasteiger partial charge in [0, 0.05) is 30.4 Å². The first-order chi connectivity index (χ1) is 13.2. The third kappa shape index (κ3) is 3.60. The maximum atomic E-state index is 4.81. The van der Waals surface area contributed by atoms with Gasteiger partial charge in [0.25, 0.3) is 0 Å². The fourth-order valence-electron chi connectivity index (χ4n) is 4.04. The lowest BCUT2D eigenvalue weighted by Gasteiger charge is -2.14. The number of allylic oxidation sites excluding steroid dienone is 1. The van der Waals surface area contributed by atoms with Crippen LogP contribution < -0.4 is 0 Å². The Balaban J connectivity index is 1.78. The minimum absolute atomic E-state index is 0.662. The molecule has 0 N–H and O–H groups in total. The molecule has 2 aromatic heterocycles. The van der Waals surface area contributed by atoms with Crippen LogP contribution in [0.4, 0.5) is 0 Å². The van der Waals surface area contributed by atoms with Crippen LogP contribution in [-0.4, -0.2) is 44.4 Å². The van der Waals surface area contributed by atoms with Gasteiger partial charge in [-0.2, -0.15) is 5.10 Å². The normalized spacial score (nSPS) is 17.5. The second kappa shape index (κ2) is 7.53. The van der Waals surface area contributed by atoms with Gasteiger partial charge in [-0.25, -0.2) is 4.98 Å². The minimum atomic E-state index is 0.662. The van der Waals surface area contributed by atoms with E-state index < -0.39 is 0 Å². The fourth-order valence-corrected chi connectivity index (χ4v) is 4.04. The van der Waals surface area contributed by atoms with Crippen molar-refractivity contribution in [3.63, 3.8) is 0 Å². The van der Waals surface area contributed by atoms with Crippen molar-refractivity contribution in [3.05, 3.63) is 61.2 Å². The molecule has 5 nitrogen and oxygen atoms in total. The van der Waals surface area contributed by atoms with E-state index in [-0.39, 0.29) is 0 Å².